The molecule has 6 nitrogen and oxygen atoms in total. The largest absolute Gasteiger partial charge is 0.459 e. The minimum absolute atomic E-state index is 0.406. The van der Waals surface area contributed by atoms with Crippen molar-refractivity contribution in [1.29, 1.82) is 0 Å². The minimum Gasteiger partial charge on any atom is -0.459 e. The van der Waals surface area contributed by atoms with Crippen LogP contribution in [0.25, 0.3) is 0 Å². The molecule has 0 unspecified atom stereocenters. The van der Waals surface area contributed by atoms with E-state index in [-0.39, 0.29) is 0 Å². The van der Waals surface area contributed by atoms with Gasteiger partial charge in [-0.15, -0.1) is 0 Å². The molecule has 2 heterocycles. The molecular weight excluding hydrogens is 294 g/mol. The summed E-state index contributed by atoms with van der Waals surface area (Å²) in [4.78, 5) is 12.2. The summed E-state index contributed by atoms with van der Waals surface area (Å²) in [6, 6.07) is -0.669. The van der Waals surface area contributed by atoms with E-state index in [1.807, 2.05) is 0 Å². The van der Waals surface area contributed by atoms with Crippen LogP contribution in [0.2, 0.25) is 0 Å². The van der Waals surface area contributed by atoms with E-state index in [4.69, 9.17) is 9.47 Å². The van der Waals surface area contributed by atoms with Gasteiger partial charge in [-0.3, -0.25) is 4.79 Å². The second-order valence-corrected chi connectivity index (χ2v) is 8.82. The third kappa shape index (κ3) is 3.96. The lowest BCUT2D eigenvalue weighted by Crippen LogP contribution is -2.48. The fourth-order valence-electron chi connectivity index (χ4n) is 2.82. The first kappa shape index (κ1) is 16.7. The van der Waals surface area contributed by atoms with Gasteiger partial charge in [-0.2, -0.15) is 4.31 Å². The lowest BCUT2D eigenvalue weighted by Gasteiger charge is -2.31. The summed E-state index contributed by atoms with van der Waals surface area (Å²) in [5, 5.41) is -0.436. The summed E-state index contributed by atoms with van der Waals surface area (Å²) >= 11 is 0. The molecule has 2 rings (SSSR count). The molecule has 0 N–H and O–H groups in total. The predicted octanol–water partition coefficient (Wildman–Crippen LogP) is 1.30. The van der Waals surface area contributed by atoms with Crippen LogP contribution >= 0.6 is 0 Å². The minimum atomic E-state index is -3.46. The van der Waals surface area contributed by atoms with E-state index in [0.29, 0.717) is 45.4 Å². The molecule has 0 amide bonds. The third-order valence-corrected chi connectivity index (χ3v) is 6.20. The maximum Gasteiger partial charge on any atom is 0.324 e. The van der Waals surface area contributed by atoms with Gasteiger partial charge in [-0.05, 0) is 46.5 Å². The Labute approximate surface area is 126 Å². The van der Waals surface area contributed by atoms with Crippen LogP contribution in [-0.2, 0) is 24.3 Å². The van der Waals surface area contributed by atoms with Crippen molar-refractivity contribution in [2.75, 3.05) is 19.8 Å². The Bertz CT molecular complexity index is 476. The summed E-state index contributed by atoms with van der Waals surface area (Å²) in [6.07, 6.45) is 2.24. The van der Waals surface area contributed by atoms with Crippen LogP contribution in [0.3, 0.4) is 0 Å². The fourth-order valence-corrected chi connectivity index (χ4v) is 4.92. The van der Waals surface area contributed by atoms with Crippen molar-refractivity contribution < 1.29 is 22.7 Å². The van der Waals surface area contributed by atoms with Gasteiger partial charge < -0.3 is 9.47 Å². The Balaban J connectivity index is 2.12. The molecule has 0 saturated carbocycles. The molecule has 0 radical (unpaired) electrons. The van der Waals surface area contributed by atoms with E-state index < -0.39 is 32.9 Å². The molecular formula is C14H25NO5S. The molecule has 2 aliphatic rings. The summed E-state index contributed by atoms with van der Waals surface area (Å²) in [5.41, 5.74) is -0.603. The Morgan fingerprint density at radius 1 is 1.19 bits per heavy atom. The number of hydrogen-bond donors (Lipinski definition) is 0. The van der Waals surface area contributed by atoms with Crippen LogP contribution in [0.5, 0.6) is 0 Å². The first-order chi connectivity index (χ1) is 9.72. The molecule has 0 aromatic heterocycles. The van der Waals surface area contributed by atoms with Crippen LogP contribution in [-0.4, -0.2) is 55.3 Å². The lowest BCUT2D eigenvalue weighted by atomic mass is 10.2. The van der Waals surface area contributed by atoms with Crippen LogP contribution in [0, 0.1) is 0 Å². The van der Waals surface area contributed by atoms with Crippen molar-refractivity contribution in [3.63, 3.8) is 0 Å². The highest BCUT2D eigenvalue weighted by atomic mass is 32.2. The number of nitrogens with zero attached hydrogens (tertiary/aromatic N) is 1. The van der Waals surface area contributed by atoms with Gasteiger partial charge in [0, 0.05) is 19.8 Å². The zero-order valence-corrected chi connectivity index (χ0v) is 13.8. The molecule has 0 aliphatic carbocycles. The number of hydrogen-bond acceptors (Lipinski definition) is 5. The number of esters is 1. The zero-order valence-electron chi connectivity index (χ0n) is 13.0. The topological polar surface area (TPSA) is 72.9 Å². The molecule has 0 aromatic carbocycles. The van der Waals surface area contributed by atoms with E-state index in [2.05, 4.69) is 0 Å². The van der Waals surface area contributed by atoms with Crippen molar-refractivity contribution in [3.05, 3.63) is 0 Å². The predicted molar refractivity (Wildman–Crippen MR) is 78.3 cm³/mol. The first-order valence-electron chi connectivity index (χ1n) is 7.53. The highest BCUT2D eigenvalue weighted by Crippen LogP contribution is 2.29. The first-order valence-corrected chi connectivity index (χ1v) is 9.03. The molecule has 122 valence electrons. The number of carbonyl (C=O) groups is 1. The van der Waals surface area contributed by atoms with Gasteiger partial charge in [0.05, 0.1) is 5.25 Å². The Kier molecular flexibility index (Phi) is 4.95. The molecule has 1 atom stereocenters. The van der Waals surface area contributed by atoms with Crippen LogP contribution in [0.1, 0.15) is 46.5 Å². The highest BCUT2D eigenvalue weighted by Gasteiger charge is 2.44. The van der Waals surface area contributed by atoms with Crippen LogP contribution < -0.4 is 0 Å². The molecule has 0 spiro atoms. The smallest absolute Gasteiger partial charge is 0.324 e. The van der Waals surface area contributed by atoms with Gasteiger partial charge >= 0.3 is 5.97 Å². The number of rotatable bonds is 3. The maximum atomic E-state index is 12.7. The Morgan fingerprint density at radius 2 is 1.81 bits per heavy atom. The monoisotopic (exact) mass is 319 g/mol. The molecule has 21 heavy (non-hydrogen) atoms. The molecule has 2 saturated heterocycles. The average Bonchev–Trinajstić information content (AvgIpc) is 2.88. The van der Waals surface area contributed by atoms with Gasteiger partial charge in [0.25, 0.3) is 0 Å². The second kappa shape index (κ2) is 6.22. The number of sulfonamides is 1. The van der Waals surface area contributed by atoms with E-state index in [9.17, 15) is 13.2 Å². The third-order valence-electron chi connectivity index (χ3n) is 3.80. The van der Waals surface area contributed by atoms with Crippen LogP contribution in [0.4, 0.5) is 0 Å². The van der Waals surface area contributed by atoms with Gasteiger partial charge in [0.1, 0.15) is 11.6 Å². The molecule has 0 bridgehead atoms. The Morgan fingerprint density at radius 3 is 2.38 bits per heavy atom. The van der Waals surface area contributed by atoms with Crippen LogP contribution in [0.15, 0.2) is 0 Å². The summed E-state index contributed by atoms with van der Waals surface area (Å²) in [5.74, 6) is -0.435. The van der Waals surface area contributed by atoms with Crippen molar-refractivity contribution in [3.8, 4) is 0 Å². The zero-order chi connectivity index (χ0) is 15.7. The summed E-state index contributed by atoms with van der Waals surface area (Å²) in [7, 11) is -3.46. The highest BCUT2D eigenvalue weighted by molar-refractivity contribution is 7.89. The van der Waals surface area contributed by atoms with Crippen molar-refractivity contribution in [2.45, 2.75) is 63.3 Å². The summed E-state index contributed by atoms with van der Waals surface area (Å²) < 4.78 is 37.4. The van der Waals surface area contributed by atoms with Crippen molar-refractivity contribution in [2.24, 2.45) is 0 Å². The summed E-state index contributed by atoms with van der Waals surface area (Å²) in [6.45, 7) is 6.71. The lowest BCUT2D eigenvalue weighted by molar-refractivity contribution is -0.158. The number of ether oxygens (including phenoxy) is 2. The van der Waals surface area contributed by atoms with Crippen molar-refractivity contribution in [1.82, 2.24) is 4.31 Å². The fraction of sp³-hybridized carbons (Fsp3) is 0.929. The average molecular weight is 319 g/mol. The maximum absolute atomic E-state index is 12.7. The molecule has 2 fully saturated rings. The van der Waals surface area contributed by atoms with E-state index in [1.54, 1.807) is 20.8 Å². The Hall–Kier alpha value is -0.660. The van der Waals surface area contributed by atoms with E-state index >= 15 is 0 Å². The van der Waals surface area contributed by atoms with Gasteiger partial charge in [0.2, 0.25) is 10.0 Å². The SMILES string of the molecule is CC(C)(C)OC(=O)[C@H]1CCCN1S(=O)(=O)C1CCOCC1. The van der Waals surface area contributed by atoms with E-state index in [1.165, 1.54) is 4.31 Å². The standard InChI is InChI=1S/C14H25NO5S/c1-14(2,3)20-13(16)12-5-4-8-15(12)21(17,18)11-6-9-19-10-7-11/h11-12H,4-10H2,1-3H3/t12-/m1/s1. The number of carbonyl (C=O) groups excluding carboxylic acids is 1. The molecule has 7 heteroatoms. The van der Waals surface area contributed by atoms with Gasteiger partial charge in [-0.1, -0.05) is 0 Å². The van der Waals surface area contributed by atoms with Gasteiger partial charge in [0.15, 0.2) is 0 Å². The molecule has 2 aliphatic heterocycles. The van der Waals surface area contributed by atoms with Crippen molar-refractivity contribution >= 4 is 16.0 Å². The molecule has 0 aromatic rings. The second-order valence-electron chi connectivity index (χ2n) is 6.66. The normalized spacial score (nSPS) is 26.0. The van der Waals surface area contributed by atoms with E-state index in [0.717, 1.165) is 0 Å². The quantitative estimate of drug-likeness (QED) is 0.733. The van der Waals surface area contributed by atoms with Gasteiger partial charge in [-0.25, -0.2) is 8.42 Å².